The molecule has 0 fully saturated rings. The van der Waals surface area contributed by atoms with E-state index in [4.69, 9.17) is 0 Å². The molecule has 0 N–H and O–H groups in total. The van der Waals surface area contributed by atoms with Crippen molar-refractivity contribution in [3.8, 4) is 0 Å². The number of nitrogens with zero attached hydrogens (tertiary/aromatic N) is 2. The second-order valence-electron chi connectivity index (χ2n) is 8.31. The first kappa shape index (κ1) is 20.6. The smallest absolute Gasteiger partial charge is 0.204 e. The fourth-order valence-electron chi connectivity index (χ4n) is 4.13. The van der Waals surface area contributed by atoms with E-state index in [0.29, 0.717) is 19.4 Å². The summed E-state index contributed by atoms with van der Waals surface area (Å²) in [6.07, 6.45) is 8.47. The largest absolute Gasteiger partial charge is 0.259 e. The van der Waals surface area contributed by atoms with E-state index in [9.17, 15) is 8.42 Å². The van der Waals surface area contributed by atoms with E-state index in [2.05, 4.69) is 42.4 Å². The molecule has 0 bridgehead atoms. The first-order valence-electron chi connectivity index (χ1n) is 10.5. The van der Waals surface area contributed by atoms with Crippen LogP contribution in [0.25, 0.3) is 5.57 Å². The third-order valence-electron chi connectivity index (χ3n) is 6.09. The standard InChI is InChI=1S/C25H28N2O2S/c1-20-10-12-21(13-11-20)18-24-15-14-23(22-8-4-3-5-9-22)19-25(24,2)30(28,29)27-17-7-6-16-26-27/h3-5,8-16H,6-7,17-19H2,1-2H3/t25-/m0/s1. The van der Waals surface area contributed by atoms with Gasteiger partial charge < -0.3 is 0 Å². The fourth-order valence-corrected chi connectivity index (χ4v) is 5.97. The zero-order chi connectivity index (χ0) is 21.2. The summed E-state index contributed by atoms with van der Waals surface area (Å²) >= 11 is 0. The maximum atomic E-state index is 13.8. The van der Waals surface area contributed by atoms with Crippen molar-refractivity contribution in [3.05, 3.63) is 89.0 Å². The van der Waals surface area contributed by atoms with Crippen molar-refractivity contribution in [1.82, 2.24) is 4.41 Å². The molecule has 4 rings (SSSR count). The van der Waals surface area contributed by atoms with Crippen LogP contribution < -0.4 is 0 Å². The highest BCUT2D eigenvalue weighted by Gasteiger charge is 2.47. The van der Waals surface area contributed by atoms with E-state index in [1.165, 1.54) is 9.98 Å². The number of allylic oxidation sites excluding steroid dienone is 3. The third-order valence-corrected chi connectivity index (χ3v) is 8.47. The first-order chi connectivity index (χ1) is 14.4. The van der Waals surface area contributed by atoms with Crippen molar-refractivity contribution in [2.45, 2.75) is 44.3 Å². The number of hydrazone groups is 1. The molecule has 1 aliphatic carbocycles. The molecule has 0 spiro atoms. The number of hydrogen-bond donors (Lipinski definition) is 0. The Kier molecular flexibility index (Phi) is 5.65. The normalized spacial score (nSPS) is 21.9. The Morgan fingerprint density at radius 1 is 1.03 bits per heavy atom. The van der Waals surface area contributed by atoms with Gasteiger partial charge in [0.05, 0.1) is 6.54 Å². The quantitative estimate of drug-likeness (QED) is 0.674. The summed E-state index contributed by atoms with van der Waals surface area (Å²) in [6.45, 7) is 4.36. The predicted octanol–water partition coefficient (Wildman–Crippen LogP) is 5.12. The summed E-state index contributed by atoms with van der Waals surface area (Å²) in [7, 11) is -3.68. The number of benzene rings is 2. The Labute approximate surface area is 179 Å². The van der Waals surface area contributed by atoms with Crippen LogP contribution in [0.3, 0.4) is 0 Å². The second-order valence-corrected chi connectivity index (χ2v) is 10.6. The minimum absolute atomic E-state index is 0.434. The van der Waals surface area contributed by atoms with Gasteiger partial charge in [-0.05, 0) is 61.8 Å². The van der Waals surface area contributed by atoms with Gasteiger partial charge in [0.1, 0.15) is 4.75 Å². The van der Waals surface area contributed by atoms with Crippen LogP contribution in [0.5, 0.6) is 0 Å². The number of rotatable bonds is 5. The molecule has 2 aromatic rings. The lowest BCUT2D eigenvalue weighted by Gasteiger charge is -2.39. The van der Waals surface area contributed by atoms with Crippen molar-refractivity contribution in [2.24, 2.45) is 5.10 Å². The average molecular weight is 421 g/mol. The van der Waals surface area contributed by atoms with Crippen molar-refractivity contribution < 1.29 is 8.42 Å². The van der Waals surface area contributed by atoms with Gasteiger partial charge in [0, 0.05) is 6.21 Å². The summed E-state index contributed by atoms with van der Waals surface area (Å²) in [5.74, 6) is 0. The molecular formula is C25H28N2O2S. The summed E-state index contributed by atoms with van der Waals surface area (Å²) < 4.78 is 27.9. The van der Waals surface area contributed by atoms with Gasteiger partial charge in [-0.25, -0.2) is 8.42 Å². The van der Waals surface area contributed by atoms with Gasteiger partial charge in [0.15, 0.2) is 0 Å². The van der Waals surface area contributed by atoms with Crippen LogP contribution in [-0.2, 0) is 16.4 Å². The van der Waals surface area contributed by atoms with E-state index >= 15 is 0 Å². The third kappa shape index (κ3) is 3.86. The van der Waals surface area contributed by atoms with Crippen molar-refractivity contribution in [1.29, 1.82) is 0 Å². The molecular weight excluding hydrogens is 392 g/mol. The Morgan fingerprint density at radius 3 is 2.43 bits per heavy atom. The lowest BCUT2D eigenvalue weighted by Crippen LogP contribution is -2.48. The number of aryl methyl sites for hydroxylation is 1. The fraction of sp³-hybridized carbons (Fsp3) is 0.320. The van der Waals surface area contributed by atoms with Gasteiger partial charge in [-0.1, -0.05) is 72.3 Å². The Bertz CT molecular complexity index is 1100. The minimum atomic E-state index is -3.68. The van der Waals surface area contributed by atoms with Crippen LogP contribution in [0.2, 0.25) is 0 Å². The molecule has 1 heterocycles. The lowest BCUT2D eigenvalue weighted by molar-refractivity contribution is 0.395. The Balaban J connectivity index is 1.77. The van der Waals surface area contributed by atoms with Gasteiger partial charge in [-0.15, -0.1) is 0 Å². The van der Waals surface area contributed by atoms with Crippen molar-refractivity contribution >= 4 is 21.8 Å². The molecule has 1 aliphatic heterocycles. The summed E-state index contributed by atoms with van der Waals surface area (Å²) in [5.41, 5.74) is 5.32. The van der Waals surface area contributed by atoms with Crippen LogP contribution in [0.15, 0.2) is 77.4 Å². The highest BCUT2D eigenvalue weighted by molar-refractivity contribution is 7.90. The van der Waals surface area contributed by atoms with Gasteiger partial charge >= 0.3 is 0 Å². The summed E-state index contributed by atoms with van der Waals surface area (Å²) in [4.78, 5) is 0. The van der Waals surface area contributed by atoms with Gasteiger partial charge in [-0.2, -0.15) is 9.52 Å². The monoisotopic (exact) mass is 420 g/mol. The molecule has 0 radical (unpaired) electrons. The van der Waals surface area contributed by atoms with Crippen LogP contribution in [-0.4, -0.2) is 30.3 Å². The highest BCUT2D eigenvalue weighted by atomic mass is 32.2. The topological polar surface area (TPSA) is 49.7 Å². The van der Waals surface area contributed by atoms with Crippen LogP contribution in [0.1, 0.15) is 42.9 Å². The summed E-state index contributed by atoms with van der Waals surface area (Å²) in [5, 5.41) is 4.25. The van der Waals surface area contributed by atoms with Crippen molar-refractivity contribution in [2.75, 3.05) is 6.54 Å². The maximum Gasteiger partial charge on any atom is 0.259 e. The van der Waals surface area contributed by atoms with Gasteiger partial charge in [0.2, 0.25) is 0 Å². The number of hydrogen-bond acceptors (Lipinski definition) is 3. The van der Waals surface area contributed by atoms with Crippen LogP contribution >= 0.6 is 0 Å². The molecule has 156 valence electrons. The van der Waals surface area contributed by atoms with E-state index in [1.807, 2.05) is 43.3 Å². The molecule has 0 saturated carbocycles. The second kappa shape index (κ2) is 8.23. The van der Waals surface area contributed by atoms with E-state index < -0.39 is 14.8 Å². The Morgan fingerprint density at radius 2 is 1.77 bits per heavy atom. The zero-order valence-electron chi connectivity index (χ0n) is 17.6. The molecule has 1 atom stereocenters. The molecule has 5 heteroatoms. The van der Waals surface area contributed by atoms with Gasteiger partial charge in [0.25, 0.3) is 10.0 Å². The number of sulfonamides is 1. The minimum Gasteiger partial charge on any atom is -0.204 e. The molecule has 30 heavy (non-hydrogen) atoms. The van der Waals surface area contributed by atoms with Crippen molar-refractivity contribution in [3.63, 3.8) is 0 Å². The van der Waals surface area contributed by atoms with Crippen LogP contribution in [0, 0.1) is 6.92 Å². The Hall–Kier alpha value is -2.66. The van der Waals surface area contributed by atoms with Gasteiger partial charge in [-0.3, -0.25) is 0 Å². The molecule has 0 saturated heterocycles. The average Bonchev–Trinajstić information content (AvgIpc) is 2.78. The highest BCUT2D eigenvalue weighted by Crippen LogP contribution is 2.43. The van der Waals surface area contributed by atoms with E-state index in [0.717, 1.165) is 35.1 Å². The van der Waals surface area contributed by atoms with E-state index in [-0.39, 0.29) is 0 Å². The molecule has 0 amide bonds. The molecule has 2 aromatic carbocycles. The summed E-state index contributed by atoms with van der Waals surface area (Å²) in [6, 6.07) is 18.3. The predicted molar refractivity (Wildman–Crippen MR) is 124 cm³/mol. The molecule has 0 aromatic heterocycles. The maximum absolute atomic E-state index is 13.8. The lowest BCUT2D eigenvalue weighted by atomic mass is 9.82. The SMILES string of the molecule is Cc1ccc(CC2=CC=C(c3ccccc3)C[C@]2(C)S(=O)(=O)N2CCCC=N2)cc1. The first-order valence-corrected chi connectivity index (χ1v) is 11.9. The zero-order valence-corrected chi connectivity index (χ0v) is 18.4. The molecule has 0 unspecified atom stereocenters. The van der Waals surface area contributed by atoms with E-state index in [1.54, 1.807) is 6.21 Å². The van der Waals surface area contributed by atoms with Crippen LogP contribution in [0.4, 0.5) is 0 Å². The molecule has 4 nitrogen and oxygen atoms in total. The molecule has 2 aliphatic rings.